The standard InChI is InChI=1S/C27H24N2O8S/c1-4-35-17-7-5-6-15(12-17)21-20(22(30)16-8-9-18-19(13-16)37-11-10-36-18)23(31)25(32)29(21)27-28-14(2)24(38-27)26(33)34-3/h5-9,12-13,21,30H,4,10-11H2,1-3H3/b22-20+/t21-/m1/s1. The smallest absolute Gasteiger partial charge is 0.350 e. The second-order valence-electron chi connectivity index (χ2n) is 8.44. The van der Waals surface area contributed by atoms with Crippen LogP contribution >= 0.6 is 11.3 Å². The number of benzene rings is 2. The normalized spacial score (nSPS) is 18.0. The second kappa shape index (κ2) is 10.2. The van der Waals surface area contributed by atoms with Crippen molar-refractivity contribution in [2.75, 3.05) is 31.8 Å². The lowest BCUT2D eigenvalue weighted by Gasteiger charge is -2.23. The Morgan fingerprint density at radius 3 is 2.66 bits per heavy atom. The molecule has 2 aliphatic heterocycles. The average molecular weight is 537 g/mol. The fraction of sp³-hybridized carbons (Fsp3) is 0.259. The molecule has 38 heavy (non-hydrogen) atoms. The van der Waals surface area contributed by atoms with E-state index in [1.54, 1.807) is 49.4 Å². The van der Waals surface area contributed by atoms with Gasteiger partial charge in [0.05, 0.1) is 31.0 Å². The number of thiazole rings is 1. The van der Waals surface area contributed by atoms with E-state index < -0.39 is 23.7 Å². The number of Topliss-reactive ketones (excluding diaryl/α,β-unsaturated/α-hetero) is 1. The number of aromatic nitrogens is 1. The Labute approximate surface area is 222 Å². The van der Waals surface area contributed by atoms with Crippen LogP contribution in [-0.4, -0.2) is 54.7 Å². The van der Waals surface area contributed by atoms with Crippen molar-refractivity contribution in [2.45, 2.75) is 19.9 Å². The molecule has 2 aromatic carbocycles. The van der Waals surface area contributed by atoms with Gasteiger partial charge in [-0.3, -0.25) is 14.5 Å². The average Bonchev–Trinajstić information content (AvgIpc) is 3.44. The first kappa shape index (κ1) is 25.3. The van der Waals surface area contributed by atoms with Gasteiger partial charge in [-0.1, -0.05) is 23.5 Å². The highest BCUT2D eigenvalue weighted by Crippen LogP contribution is 2.45. The summed E-state index contributed by atoms with van der Waals surface area (Å²) in [7, 11) is 1.25. The van der Waals surface area contributed by atoms with Gasteiger partial charge in [0.15, 0.2) is 16.6 Å². The zero-order valence-electron chi connectivity index (χ0n) is 20.8. The van der Waals surface area contributed by atoms with Gasteiger partial charge < -0.3 is 24.1 Å². The van der Waals surface area contributed by atoms with Crippen LogP contribution in [-0.2, 0) is 14.3 Å². The molecule has 1 saturated heterocycles. The molecule has 0 saturated carbocycles. The van der Waals surface area contributed by atoms with Crippen LogP contribution < -0.4 is 19.1 Å². The summed E-state index contributed by atoms with van der Waals surface area (Å²) in [4.78, 5) is 44.9. The first-order valence-electron chi connectivity index (χ1n) is 11.8. The highest BCUT2D eigenvalue weighted by atomic mass is 32.1. The number of anilines is 1. The summed E-state index contributed by atoms with van der Waals surface area (Å²) in [5.41, 5.74) is 1.02. The van der Waals surface area contributed by atoms with Crippen molar-refractivity contribution >= 4 is 39.9 Å². The van der Waals surface area contributed by atoms with Crippen LogP contribution in [0.3, 0.4) is 0 Å². The number of nitrogens with zero attached hydrogens (tertiary/aromatic N) is 2. The molecule has 1 fully saturated rings. The Hall–Kier alpha value is -4.38. The molecule has 196 valence electrons. The first-order chi connectivity index (χ1) is 18.3. The van der Waals surface area contributed by atoms with Crippen molar-refractivity contribution in [1.82, 2.24) is 4.98 Å². The SMILES string of the molecule is CCOc1cccc([C@@H]2/C(=C(\O)c3ccc4c(c3)OCCO4)C(=O)C(=O)N2c2nc(C)c(C(=O)OC)s2)c1. The monoisotopic (exact) mass is 536 g/mol. The van der Waals surface area contributed by atoms with Crippen LogP contribution in [0.5, 0.6) is 17.2 Å². The number of esters is 1. The van der Waals surface area contributed by atoms with Crippen molar-refractivity contribution in [3.63, 3.8) is 0 Å². The van der Waals surface area contributed by atoms with Crippen molar-refractivity contribution < 1.29 is 38.4 Å². The summed E-state index contributed by atoms with van der Waals surface area (Å²) >= 11 is 0.931. The number of aliphatic hydroxyl groups excluding tert-OH is 1. The molecule has 10 nitrogen and oxygen atoms in total. The minimum Gasteiger partial charge on any atom is -0.507 e. The molecule has 3 aromatic rings. The Balaban J connectivity index is 1.69. The van der Waals surface area contributed by atoms with Gasteiger partial charge in [0.1, 0.15) is 29.6 Å². The second-order valence-corrected chi connectivity index (χ2v) is 9.41. The van der Waals surface area contributed by atoms with E-state index in [1.807, 2.05) is 6.92 Å². The van der Waals surface area contributed by atoms with E-state index in [0.29, 0.717) is 48.3 Å². The summed E-state index contributed by atoms with van der Waals surface area (Å²) < 4.78 is 21.7. The molecule has 0 spiro atoms. The van der Waals surface area contributed by atoms with Gasteiger partial charge in [-0.25, -0.2) is 9.78 Å². The summed E-state index contributed by atoms with van der Waals surface area (Å²) in [6.07, 6.45) is 0. The molecular weight excluding hydrogens is 512 g/mol. The van der Waals surface area contributed by atoms with Gasteiger partial charge in [-0.15, -0.1) is 0 Å². The van der Waals surface area contributed by atoms with Crippen LogP contribution in [0.15, 0.2) is 48.0 Å². The fourth-order valence-electron chi connectivity index (χ4n) is 4.40. The van der Waals surface area contributed by atoms with Crippen molar-refractivity contribution in [3.05, 3.63) is 69.7 Å². The molecule has 2 aliphatic rings. The molecule has 1 aromatic heterocycles. The summed E-state index contributed by atoms with van der Waals surface area (Å²) in [5.74, 6) is -1.30. The topological polar surface area (TPSA) is 124 Å². The van der Waals surface area contributed by atoms with E-state index in [2.05, 4.69) is 4.98 Å². The molecule has 0 radical (unpaired) electrons. The third-order valence-corrected chi connectivity index (χ3v) is 7.24. The number of amides is 1. The minimum atomic E-state index is -1.04. The number of fused-ring (bicyclic) bond motifs is 1. The van der Waals surface area contributed by atoms with Crippen LogP contribution in [0.2, 0.25) is 0 Å². The highest BCUT2D eigenvalue weighted by Gasteiger charge is 2.48. The van der Waals surface area contributed by atoms with Gasteiger partial charge in [-0.2, -0.15) is 0 Å². The minimum absolute atomic E-state index is 0.123. The van der Waals surface area contributed by atoms with Crippen LogP contribution in [0, 0.1) is 6.92 Å². The third-order valence-electron chi connectivity index (χ3n) is 6.11. The van der Waals surface area contributed by atoms with Gasteiger partial charge in [0.2, 0.25) is 0 Å². The summed E-state index contributed by atoms with van der Waals surface area (Å²) in [5, 5.41) is 11.5. The molecule has 0 unspecified atom stereocenters. The fourth-order valence-corrected chi connectivity index (χ4v) is 5.41. The number of ketones is 1. The number of ether oxygens (including phenoxy) is 4. The van der Waals surface area contributed by atoms with Gasteiger partial charge >= 0.3 is 11.9 Å². The van der Waals surface area contributed by atoms with Crippen LogP contribution in [0.25, 0.3) is 5.76 Å². The van der Waals surface area contributed by atoms with Crippen molar-refractivity contribution in [2.24, 2.45) is 0 Å². The largest absolute Gasteiger partial charge is 0.507 e. The van der Waals surface area contributed by atoms with Crippen molar-refractivity contribution in [1.29, 1.82) is 0 Å². The number of hydrogen-bond donors (Lipinski definition) is 1. The molecule has 1 amide bonds. The highest BCUT2D eigenvalue weighted by molar-refractivity contribution is 7.17. The van der Waals surface area contributed by atoms with E-state index in [1.165, 1.54) is 12.0 Å². The number of aliphatic hydroxyl groups is 1. The van der Waals surface area contributed by atoms with Gasteiger partial charge in [-0.05, 0) is 49.7 Å². The van der Waals surface area contributed by atoms with E-state index in [9.17, 15) is 19.5 Å². The first-order valence-corrected chi connectivity index (χ1v) is 12.6. The van der Waals surface area contributed by atoms with E-state index in [-0.39, 0.29) is 26.9 Å². The van der Waals surface area contributed by atoms with E-state index in [4.69, 9.17) is 18.9 Å². The molecule has 3 heterocycles. The number of hydrogen-bond acceptors (Lipinski definition) is 10. The number of aryl methyl sites for hydroxylation is 1. The van der Waals surface area contributed by atoms with Gasteiger partial charge in [0.25, 0.3) is 5.78 Å². The van der Waals surface area contributed by atoms with E-state index in [0.717, 1.165) is 11.3 Å². The summed E-state index contributed by atoms with van der Waals surface area (Å²) in [6.45, 7) is 4.61. The molecule has 0 bridgehead atoms. The lowest BCUT2D eigenvalue weighted by atomic mass is 9.95. The maximum Gasteiger partial charge on any atom is 0.350 e. The number of rotatable bonds is 6. The zero-order chi connectivity index (χ0) is 27.0. The van der Waals surface area contributed by atoms with Crippen molar-refractivity contribution in [3.8, 4) is 17.2 Å². The number of methoxy groups -OCH3 is 1. The lowest BCUT2D eigenvalue weighted by molar-refractivity contribution is -0.132. The van der Waals surface area contributed by atoms with E-state index >= 15 is 0 Å². The van der Waals surface area contributed by atoms with Crippen LogP contribution in [0.1, 0.15) is 39.5 Å². The Bertz CT molecular complexity index is 1480. The quantitative estimate of drug-likeness (QED) is 0.215. The number of carbonyl (C=O) groups excluding carboxylic acids is 3. The predicted molar refractivity (Wildman–Crippen MR) is 138 cm³/mol. The Morgan fingerprint density at radius 2 is 1.92 bits per heavy atom. The Morgan fingerprint density at radius 1 is 1.16 bits per heavy atom. The lowest BCUT2D eigenvalue weighted by Crippen LogP contribution is -2.29. The van der Waals surface area contributed by atoms with Gasteiger partial charge in [0, 0.05) is 5.56 Å². The Kier molecular flexibility index (Phi) is 6.77. The molecule has 1 atom stereocenters. The maximum absolute atomic E-state index is 13.5. The van der Waals surface area contributed by atoms with Crippen LogP contribution in [0.4, 0.5) is 5.13 Å². The predicted octanol–water partition coefficient (Wildman–Crippen LogP) is 4.03. The molecule has 1 N–H and O–H groups in total. The molecular formula is C27H24N2O8S. The summed E-state index contributed by atoms with van der Waals surface area (Å²) in [6, 6.07) is 10.7. The molecule has 0 aliphatic carbocycles. The number of carbonyl (C=O) groups is 3. The molecule has 11 heteroatoms. The zero-order valence-corrected chi connectivity index (χ0v) is 21.7. The molecule has 5 rings (SSSR count). The maximum atomic E-state index is 13.5. The third kappa shape index (κ3) is 4.34.